The number of nitrogens with one attached hydrogen (secondary N) is 1. The first-order valence-corrected chi connectivity index (χ1v) is 7.13. The Bertz CT molecular complexity index is 377. The highest BCUT2D eigenvalue weighted by Crippen LogP contribution is 2.30. The molecule has 1 N–H and O–H groups in total. The minimum absolute atomic E-state index is 0.403. The Morgan fingerprint density at radius 1 is 1.39 bits per heavy atom. The monoisotopic (exact) mass is 247 g/mol. The third-order valence-electron chi connectivity index (χ3n) is 4.20. The molecule has 18 heavy (non-hydrogen) atoms. The molecule has 0 radical (unpaired) electrons. The summed E-state index contributed by atoms with van der Waals surface area (Å²) in [6, 6.07) is 9.46. The van der Waals surface area contributed by atoms with Crippen molar-refractivity contribution >= 4 is 0 Å². The number of rotatable bonds is 5. The van der Waals surface area contributed by atoms with Crippen molar-refractivity contribution in [3.05, 3.63) is 29.8 Å². The molecule has 1 aliphatic rings. The third kappa shape index (κ3) is 3.26. The normalized spacial score (nSPS) is 25.1. The van der Waals surface area contributed by atoms with Crippen LogP contribution in [0.25, 0.3) is 0 Å². The van der Waals surface area contributed by atoms with Crippen LogP contribution in [0.15, 0.2) is 24.3 Å². The summed E-state index contributed by atoms with van der Waals surface area (Å²) < 4.78 is 5.28. The Morgan fingerprint density at radius 2 is 2.22 bits per heavy atom. The molecule has 2 unspecified atom stereocenters. The molecule has 100 valence electrons. The lowest BCUT2D eigenvalue weighted by Gasteiger charge is -2.20. The lowest BCUT2D eigenvalue weighted by atomic mass is 10.0. The van der Waals surface area contributed by atoms with E-state index in [1.165, 1.54) is 31.2 Å². The lowest BCUT2D eigenvalue weighted by Crippen LogP contribution is -2.29. The van der Waals surface area contributed by atoms with Gasteiger partial charge in [0.1, 0.15) is 5.75 Å². The zero-order chi connectivity index (χ0) is 13.0. The minimum Gasteiger partial charge on any atom is -0.497 e. The molecule has 2 heteroatoms. The largest absolute Gasteiger partial charge is 0.497 e. The fraction of sp³-hybridized carbons (Fsp3) is 0.625. The predicted molar refractivity (Wildman–Crippen MR) is 76.0 cm³/mol. The number of ether oxygens (including phenoxy) is 1. The van der Waals surface area contributed by atoms with Crippen LogP contribution >= 0.6 is 0 Å². The molecule has 0 saturated heterocycles. The van der Waals surface area contributed by atoms with Crippen LogP contribution in [0, 0.1) is 5.92 Å². The second kappa shape index (κ2) is 6.24. The van der Waals surface area contributed by atoms with Gasteiger partial charge in [0.2, 0.25) is 0 Å². The third-order valence-corrected chi connectivity index (χ3v) is 4.20. The van der Waals surface area contributed by atoms with E-state index in [1.54, 1.807) is 7.11 Å². The number of methoxy groups -OCH3 is 1. The van der Waals surface area contributed by atoms with Crippen LogP contribution in [0.1, 0.15) is 51.1 Å². The Hall–Kier alpha value is -1.02. The van der Waals surface area contributed by atoms with Crippen LogP contribution in [0.2, 0.25) is 0 Å². The number of hydrogen-bond acceptors (Lipinski definition) is 2. The zero-order valence-electron chi connectivity index (χ0n) is 11.8. The quantitative estimate of drug-likeness (QED) is 0.851. The average molecular weight is 247 g/mol. The summed E-state index contributed by atoms with van der Waals surface area (Å²) in [6.45, 7) is 4.55. The molecule has 0 spiro atoms. The van der Waals surface area contributed by atoms with E-state index in [2.05, 4.69) is 37.4 Å². The van der Waals surface area contributed by atoms with Gasteiger partial charge in [-0.05, 0) is 49.8 Å². The SMILES string of the molecule is CCC1CCC(N[C@H](C)c2cccc(OC)c2)C1. The van der Waals surface area contributed by atoms with E-state index in [0.717, 1.165) is 11.7 Å². The maximum atomic E-state index is 5.28. The van der Waals surface area contributed by atoms with Crippen molar-refractivity contribution in [1.82, 2.24) is 5.32 Å². The van der Waals surface area contributed by atoms with Gasteiger partial charge in [-0.3, -0.25) is 0 Å². The molecule has 0 bridgehead atoms. The van der Waals surface area contributed by atoms with Gasteiger partial charge >= 0.3 is 0 Å². The van der Waals surface area contributed by atoms with Crippen LogP contribution in [0.5, 0.6) is 5.75 Å². The molecule has 1 aromatic rings. The summed E-state index contributed by atoms with van der Waals surface area (Å²) in [5.41, 5.74) is 1.31. The molecule has 0 amide bonds. The number of hydrogen-bond donors (Lipinski definition) is 1. The smallest absolute Gasteiger partial charge is 0.119 e. The summed E-state index contributed by atoms with van der Waals surface area (Å²) >= 11 is 0. The maximum absolute atomic E-state index is 5.28. The van der Waals surface area contributed by atoms with E-state index in [-0.39, 0.29) is 0 Å². The Morgan fingerprint density at radius 3 is 2.89 bits per heavy atom. The first kappa shape index (κ1) is 13.4. The first-order chi connectivity index (χ1) is 8.72. The molecule has 2 rings (SSSR count). The Balaban J connectivity index is 1.93. The van der Waals surface area contributed by atoms with E-state index in [4.69, 9.17) is 4.74 Å². The van der Waals surface area contributed by atoms with E-state index in [1.807, 2.05) is 6.07 Å². The van der Waals surface area contributed by atoms with Gasteiger partial charge in [0.15, 0.2) is 0 Å². The minimum atomic E-state index is 0.403. The fourth-order valence-electron chi connectivity index (χ4n) is 2.96. The van der Waals surface area contributed by atoms with Crippen molar-refractivity contribution in [3.63, 3.8) is 0 Å². The van der Waals surface area contributed by atoms with Crippen LogP contribution in [-0.4, -0.2) is 13.2 Å². The van der Waals surface area contributed by atoms with Gasteiger partial charge in [-0.2, -0.15) is 0 Å². The van der Waals surface area contributed by atoms with Gasteiger partial charge in [-0.1, -0.05) is 25.5 Å². The highest BCUT2D eigenvalue weighted by molar-refractivity contribution is 5.30. The predicted octanol–water partition coefficient (Wildman–Crippen LogP) is 3.92. The van der Waals surface area contributed by atoms with Crippen molar-refractivity contribution in [2.24, 2.45) is 5.92 Å². The first-order valence-electron chi connectivity index (χ1n) is 7.13. The van der Waals surface area contributed by atoms with E-state index < -0.39 is 0 Å². The van der Waals surface area contributed by atoms with E-state index >= 15 is 0 Å². The van der Waals surface area contributed by atoms with Gasteiger partial charge in [0, 0.05) is 12.1 Å². The molecular formula is C16H25NO. The van der Waals surface area contributed by atoms with Gasteiger partial charge in [0.25, 0.3) is 0 Å². The van der Waals surface area contributed by atoms with Crippen molar-refractivity contribution in [2.75, 3.05) is 7.11 Å². The van der Waals surface area contributed by atoms with Crippen molar-refractivity contribution in [2.45, 2.75) is 51.6 Å². The number of benzene rings is 1. The molecule has 1 saturated carbocycles. The van der Waals surface area contributed by atoms with Gasteiger partial charge in [-0.15, -0.1) is 0 Å². The van der Waals surface area contributed by atoms with Gasteiger partial charge in [-0.25, -0.2) is 0 Å². The van der Waals surface area contributed by atoms with E-state index in [9.17, 15) is 0 Å². The molecule has 2 nitrogen and oxygen atoms in total. The Labute approximate surface area is 111 Å². The highest BCUT2D eigenvalue weighted by Gasteiger charge is 2.24. The molecular weight excluding hydrogens is 222 g/mol. The second-order valence-electron chi connectivity index (χ2n) is 5.45. The summed E-state index contributed by atoms with van der Waals surface area (Å²) in [4.78, 5) is 0. The zero-order valence-corrected chi connectivity index (χ0v) is 11.8. The fourth-order valence-corrected chi connectivity index (χ4v) is 2.96. The Kier molecular flexibility index (Phi) is 4.65. The average Bonchev–Trinajstić information content (AvgIpc) is 2.86. The van der Waals surface area contributed by atoms with Crippen LogP contribution in [0.4, 0.5) is 0 Å². The molecule has 0 aliphatic heterocycles. The molecule has 1 fully saturated rings. The standard InChI is InChI=1S/C16H25NO/c1-4-13-8-9-15(10-13)17-12(2)14-6-5-7-16(11-14)18-3/h5-7,11-13,15,17H,4,8-10H2,1-3H3/t12-,13?,15?/m1/s1. The molecule has 3 atom stereocenters. The molecule has 1 aliphatic carbocycles. The van der Waals surface area contributed by atoms with E-state index in [0.29, 0.717) is 12.1 Å². The van der Waals surface area contributed by atoms with Crippen LogP contribution in [-0.2, 0) is 0 Å². The second-order valence-corrected chi connectivity index (χ2v) is 5.45. The molecule has 0 heterocycles. The summed E-state index contributed by atoms with van der Waals surface area (Å²) in [7, 11) is 1.72. The molecule has 0 aromatic heterocycles. The molecule has 1 aromatic carbocycles. The van der Waals surface area contributed by atoms with Crippen molar-refractivity contribution < 1.29 is 4.74 Å². The maximum Gasteiger partial charge on any atom is 0.119 e. The summed E-state index contributed by atoms with van der Waals surface area (Å²) in [6.07, 6.45) is 5.38. The lowest BCUT2D eigenvalue weighted by molar-refractivity contribution is 0.410. The topological polar surface area (TPSA) is 21.3 Å². The van der Waals surface area contributed by atoms with Crippen LogP contribution < -0.4 is 10.1 Å². The van der Waals surface area contributed by atoms with Crippen molar-refractivity contribution in [3.8, 4) is 5.75 Å². The van der Waals surface area contributed by atoms with Crippen molar-refractivity contribution in [1.29, 1.82) is 0 Å². The summed E-state index contributed by atoms with van der Waals surface area (Å²) in [5, 5.41) is 3.76. The van der Waals surface area contributed by atoms with Gasteiger partial charge in [0.05, 0.1) is 7.11 Å². The van der Waals surface area contributed by atoms with Gasteiger partial charge < -0.3 is 10.1 Å². The summed E-state index contributed by atoms with van der Waals surface area (Å²) in [5.74, 6) is 1.87. The van der Waals surface area contributed by atoms with Crippen LogP contribution in [0.3, 0.4) is 0 Å². The highest BCUT2D eigenvalue weighted by atomic mass is 16.5.